The Morgan fingerprint density at radius 2 is 2.08 bits per heavy atom. The van der Waals surface area contributed by atoms with Crippen LogP contribution in [0.15, 0.2) is 30.3 Å². The number of ether oxygens (including phenoxy) is 1. The number of tetrazole rings is 1. The van der Waals surface area contributed by atoms with Crippen LogP contribution in [0.3, 0.4) is 0 Å². The number of sulfone groups is 1. The maximum Gasteiger partial charge on any atom is 0.246 e. The second-order valence-electron chi connectivity index (χ2n) is 6.70. The third-order valence-electron chi connectivity index (χ3n) is 4.71. The SMILES string of the molecule is O=C(Cn1nnc(-c2ccccc2)n1)N1CCOC2(CCS(=O)(=O)C2)C1. The van der Waals surface area contributed by atoms with E-state index in [0.29, 0.717) is 25.4 Å². The fourth-order valence-electron chi connectivity index (χ4n) is 3.42. The van der Waals surface area contributed by atoms with Crippen LogP contribution in [-0.2, 0) is 25.9 Å². The molecule has 0 bridgehead atoms. The van der Waals surface area contributed by atoms with E-state index >= 15 is 0 Å². The van der Waals surface area contributed by atoms with E-state index in [1.807, 2.05) is 30.3 Å². The molecule has 26 heavy (non-hydrogen) atoms. The van der Waals surface area contributed by atoms with E-state index in [9.17, 15) is 13.2 Å². The van der Waals surface area contributed by atoms with Gasteiger partial charge in [-0.15, -0.1) is 10.2 Å². The zero-order valence-electron chi connectivity index (χ0n) is 14.1. The smallest absolute Gasteiger partial charge is 0.246 e. The largest absolute Gasteiger partial charge is 0.370 e. The molecule has 2 aliphatic heterocycles. The number of hydrogen-bond acceptors (Lipinski definition) is 7. The van der Waals surface area contributed by atoms with Gasteiger partial charge in [0.05, 0.1) is 24.7 Å². The first-order valence-electron chi connectivity index (χ1n) is 8.40. The molecule has 2 fully saturated rings. The molecule has 10 heteroatoms. The van der Waals surface area contributed by atoms with Crippen molar-refractivity contribution < 1.29 is 17.9 Å². The van der Waals surface area contributed by atoms with Crippen molar-refractivity contribution in [1.29, 1.82) is 0 Å². The normalized spacial score (nSPS) is 24.8. The summed E-state index contributed by atoms with van der Waals surface area (Å²) in [5, 5.41) is 12.2. The lowest BCUT2D eigenvalue weighted by molar-refractivity contribution is -0.148. The van der Waals surface area contributed by atoms with Crippen LogP contribution in [-0.4, -0.2) is 76.2 Å². The van der Waals surface area contributed by atoms with Gasteiger partial charge in [-0.2, -0.15) is 4.80 Å². The number of morpholine rings is 1. The van der Waals surface area contributed by atoms with Crippen LogP contribution in [0.5, 0.6) is 0 Å². The molecule has 0 aliphatic carbocycles. The third kappa shape index (κ3) is 3.47. The third-order valence-corrected chi connectivity index (χ3v) is 6.51. The molecule has 1 spiro atoms. The quantitative estimate of drug-likeness (QED) is 0.726. The minimum atomic E-state index is -3.09. The number of rotatable bonds is 3. The Hall–Kier alpha value is -2.33. The highest BCUT2D eigenvalue weighted by molar-refractivity contribution is 7.91. The Labute approximate surface area is 150 Å². The van der Waals surface area contributed by atoms with Crippen LogP contribution >= 0.6 is 0 Å². The lowest BCUT2D eigenvalue weighted by Crippen LogP contribution is -2.55. The summed E-state index contributed by atoms with van der Waals surface area (Å²) in [7, 11) is -3.09. The molecule has 1 aromatic carbocycles. The molecular formula is C16H19N5O4S. The summed E-state index contributed by atoms with van der Waals surface area (Å²) in [4.78, 5) is 15.5. The van der Waals surface area contributed by atoms with Gasteiger partial charge in [-0.1, -0.05) is 30.3 Å². The summed E-state index contributed by atoms with van der Waals surface area (Å²) >= 11 is 0. The van der Waals surface area contributed by atoms with Gasteiger partial charge >= 0.3 is 0 Å². The number of nitrogens with zero attached hydrogens (tertiary/aromatic N) is 5. The second kappa shape index (κ2) is 6.44. The first-order chi connectivity index (χ1) is 12.4. The summed E-state index contributed by atoms with van der Waals surface area (Å²) in [6.45, 7) is 1.01. The fourth-order valence-corrected chi connectivity index (χ4v) is 5.36. The maximum absolute atomic E-state index is 12.6. The van der Waals surface area contributed by atoms with Crippen molar-refractivity contribution in [3.05, 3.63) is 30.3 Å². The Kier molecular flexibility index (Phi) is 4.23. The molecule has 2 aliphatic rings. The van der Waals surface area contributed by atoms with Crippen molar-refractivity contribution >= 4 is 15.7 Å². The van der Waals surface area contributed by atoms with Crippen LogP contribution in [0.2, 0.25) is 0 Å². The standard InChI is InChI=1S/C16H19N5O4S/c22-14(10-21-18-15(17-19-21)13-4-2-1-3-5-13)20-7-8-25-16(11-20)6-9-26(23,24)12-16/h1-5H,6-12H2. The predicted octanol–water partition coefficient (Wildman–Crippen LogP) is -0.244. The summed E-state index contributed by atoms with van der Waals surface area (Å²) in [5.41, 5.74) is 0.0604. The number of amides is 1. The molecule has 1 amide bonds. The lowest BCUT2D eigenvalue weighted by atomic mass is 10.0. The van der Waals surface area contributed by atoms with Gasteiger partial charge in [0.1, 0.15) is 12.1 Å². The Balaban J connectivity index is 1.43. The molecule has 9 nitrogen and oxygen atoms in total. The first-order valence-corrected chi connectivity index (χ1v) is 10.2. The van der Waals surface area contributed by atoms with Crippen molar-refractivity contribution in [2.45, 2.75) is 18.6 Å². The molecule has 0 radical (unpaired) electrons. The molecule has 2 aromatic rings. The summed E-state index contributed by atoms with van der Waals surface area (Å²) in [6, 6.07) is 9.40. The molecule has 2 saturated heterocycles. The molecule has 1 unspecified atom stereocenters. The van der Waals surface area contributed by atoms with Crippen LogP contribution in [0, 0.1) is 0 Å². The highest BCUT2D eigenvalue weighted by Crippen LogP contribution is 2.30. The number of carbonyl (C=O) groups excluding carboxylic acids is 1. The van der Waals surface area contributed by atoms with Crippen molar-refractivity contribution in [2.75, 3.05) is 31.2 Å². The van der Waals surface area contributed by atoms with Crippen LogP contribution in [0.4, 0.5) is 0 Å². The van der Waals surface area contributed by atoms with E-state index in [4.69, 9.17) is 4.74 Å². The predicted molar refractivity (Wildman–Crippen MR) is 91.8 cm³/mol. The minimum Gasteiger partial charge on any atom is -0.370 e. The van der Waals surface area contributed by atoms with Crippen molar-refractivity contribution in [1.82, 2.24) is 25.1 Å². The van der Waals surface area contributed by atoms with E-state index in [1.54, 1.807) is 4.90 Å². The van der Waals surface area contributed by atoms with Gasteiger partial charge in [-0.05, 0) is 11.6 Å². The molecule has 1 atom stereocenters. The number of hydrogen-bond donors (Lipinski definition) is 0. The van der Waals surface area contributed by atoms with E-state index < -0.39 is 15.4 Å². The maximum atomic E-state index is 12.6. The van der Waals surface area contributed by atoms with Gasteiger partial charge in [-0.3, -0.25) is 4.79 Å². The van der Waals surface area contributed by atoms with E-state index in [0.717, 1.165) is 5.56 Å². The summed E-state index contributed by atoms with van der Waals surface area (Å²) < 4.78 is 29.3. The molecule has 0 N–H and O–H groups in total. The topological polar surface area (TPSA) is 107 Å². The Bertz CT molecular complexity index is 914. The molecule has 3 heterocycles. The lowest BCUT2D eigenvalue weighted by Gasteiger charge is -2.39. The second-order valence-corrected chi connectivity index (χ2v) is 8.88. The van der Waals surface area contributed by atoms with Crippen LogP contribution in [0.1, 0.15) is 6.42 Å². The number of carbonyl (C=O) groups is 1. The van der Waals surface area contributed by atoms with E-state index in [-0.39, 0.29) is 30.5 Å². The minimum absolute atomic E-state index is 0.0243. The van der Waals surface area contributed by atoms with Gasteiger partial charge in [0.2, 0.25) is 11.7 Å². The zero-order valence-corrected chi connectivity index (χ0v) is 14.9. The van der Waals surface area contributed by atoms with Gasteiger partial charge in [0.15, 0.2) is 9.84 Å². The average Bonchev–Trinajstić information content (AvgIpc) is 3.20. The first kappa shape index (κ1) is 17.1. The average molecular weight is 377 g/mol. The molecule has 138 valence electrons. The molecule has 1 aromatic heterocycles. The van der Waals surface area contributed by atoms with Gasteiger partial charge in [0.25, 0.3) is 0 Å². The zero-order chi connectivity index (χ0) is 18.2. The van der Waals surface area contributed by atoms with Gasteiger partial charge < -0.3 is 9.64 Å². The fraction of sp³-hybridized carbons (Fsp3) is 0.500. The Morgan fingerprint density at radius 3 is 2.81 bits per heavy atom. The van der Waals surface area contributed by atoms with E-state index in [2.05, 4.69) is 15.4 Å². The molecule has 4 rings (SSSR count). The monoisotopic (exact) mass is 377 g/mol. The number of aromatic nitrogens is 4. The van der Waals surface area contributed by atoms with Crippen molar-refractivity contribution in [3.63, 3.8) is 0 Å². The summed E-state index contributed by atoms with van der Waals surface area (Å²) in [5.74, 6) is 0.372. The highest BCUT2D eigenvalue weighted by atomic mass is 32.2. The van der Waals surface area contributed by atoms with Crippen molar-refractivity contribution in [2.24, 2.45) is 0 Å². The van der Waals surface area contributed by atoms with E-state index in [1.165, 1.54) is 4.80 Å². The summed E-state index contributed by atoms with van der Waals surface area (Å²) in [6.07, 6.45) is 0.429. The van der Waals surface area contributed by atoms with Crippen LogP contribution < -0.4 is 0 Å². The number of benzene rings is 1. The Morgan fingerprint density at radius 1 is 1.27 bits per heavy atom. The van der Waals surface area contributed by atoms with Crippen molar-refractivity contribution in [3.8, 4) is 11.4 Å². The molecule has 0 saturated carbocycles. The van der Waals surface area contributed by atoms with Gasteiger partial charge in [0, 0.05) is 12.1 Å². The molecular weight excluding hydrogens is 358 g/mol. The van der Waals surface area contributed by atoms with Crippen LogP contribution in [0.25, 0.3) is 11.4 Å². The highest BCUT2D eigenvalue weighted by Gasteiger charge is 2.47. The van der Waals surface area contributed by atoms with Gasteiger partial charge in [-0.25, -0.2) is 8.42 Å².